The first-order valence-corrected chi connectivity index (χ1v) is 8.74. The van der Waals surface area contributed by atoms with Crippen molar-refractivity contribution in [3.05, 3.63) is 35.4 Å². The Balaban J connectivity index is 1.83. The van der Waals surface area contributed by atoms with Crippen molar-refractivity contribution in [1.29, 1.82) is 0 Å². The lowest BCUT2D eigenvalue weighted by atomic mass is 10.0. The molecular formula is C19H28N2O3. The first-order chi connectivity index (χ1) is 11.5. The molecule has 0 atom stereocenters. The maximum atomic E-state index is 12.6. The van der Waals surface area contributed by atoms with Crippen LogP contribution in [-0.2, 0) is 16.0 Å². The monoisotopic (exact) mass is 332 g/mol. The Morgan fingerprint density at radius 3 is 2.38 bits per heavy atom. The normalized spacial score (nSPS) is 15.6. The van der Waals surface area contributed by atoms with Gasteiger partial charge < -0.3 is 15.0 Å². The molecular weight excluding hydrogens is 304 g/mol. The number of benzene rings is 1. The van der Waals surface area contributed by atoms with Gasteiger partial charge in [0.1, 0.15) is 0 Å². The standard InChI is InChI=1S/C19H28N2O3/c1-14(2)24-18-9-12-21(13-10-18)19(23)17-6-4-16(5-7-17)8-11-20-15(3)22/h4-7,14,18H,8-13H2,1-3H3,(H,20,22). The summed E-state index contributed by atoms with van der Waals surface area (Å²) in [7, 11) is 0. The van der Waals surface area contributed by atoms with Crippen LogP contribution in [0.15, 0.2) is 24.3 Å². The highest BCUT2D eigenvalue weighted by Crippen LogP contribution is 2.18. The van der Waals surface area contributed by atoms with E-state index in [0.717, 1.165) is 43.5 Å². The lowest BCUT2D eigenvalue weighted by molar-refractivity contribution is -0.118. The highest BCUT2D eigenvalue weighted by Gasteiger charge is 2.24. The summed E-state index contributed by atoms with van der Waals surface area (Å²) in [5, 5.41) is 2.77. The highest BCUT2D eigenvalue weighted by atomic mass is 16.5. The summed E-state index contributed by atoms with van der Waals surface area (Å²) in [5.41, 5.74) is 1.84. The molecule has 0 unspecified atom stereocenters. The number of hydrogen-bond donors (Lipinski definition) is 1. The van der Waals surface area contributed by atoms with Gasteiger partial charge in [0, 0.05) is 32.1 Å². The molecule has 24 heavy (non-hydrogen) atoms. The number of rotatable bonds is 6. The second-order valence-corrected chi connectivity index (χ2v) is 6.61. The SMILES string of the molecule is CC(=O)NCCc1ccc(C(=O)N2CCC(OC(C)C)CC2)cc1. The molecule has 1 N–H and O–H groups in total. The highest BCUT2D eigenvalue weighted by molar-refractivity contribution is 5.94. The third kappa shape index (κ3) is 5.64. The summed E-state index contributed by atoms with van der Waals surface area (Å²) in [6.07, 6.45) is 3.08. The van der Waals surface area contributed by atoms with Crippen LogP contribution >= 0.6 is 0 Å². The van der Waals surface area contributed by atoms with Gasteiger partial charge in [0.05, 0.1) is 12.2 Å². The number of carbonyl (C=O) groups is 2. The van der Waals surface area contributed by atoms with Gasteiger partial charge in [0.2, 0.25) is 5.91 Å². The van der Waals surface area contributed by atoms with E-state index in [2.05, 4.69) is 5.32 Å². The fourth-order valence-electron chi connectivity index (χ4n) is 2.96. The largest absolute Gasteiger partial charge is 0.375 e. The van der Waals surface area contributed by atoms with E-state index in [1.807, 2.05) is 43.0 Å². The molecule has 5 nitrogen and oxygen atoms in total. The first-order valence-electron chi connectivity index (χ1n) is 8.74. The van der Waals surface area contributed by atoms with Crippen LogP contribution in [0, 0.1) is 0 Å². The minimum Gasteiger partial charge on any atom is -0.375 e. The van der Waals surface area contributed by atoms with Gasteiger partial charge in [-0.2, -0.15) is 0 Å². The van der Waals surface area contributed by atoms with Crippen molar-refractivity contribution in [3.8, 4) is 0 Å². The maximum Gasteiger partial charge on any atom is 0.253 e. The van der Waals surface area contributed by atoms with Crippen LogP contribution in [0.1, 0.15) is 49.5 Å². The molecule has 0 aromatic heterocycles. The number of hydrogen-bond acceptors (Lipinski definition) is 3. The molecule has 0 spiro atoms. The van der Waals surface area contributed by atoms with E-state index >= 15 is 0 Å². The first kappa shape index (κ1) is 18.5. The third-order valence-electron chi connectivity index (χ3n) is 4.18. The van der Waals surface area contributed by atoms with Crippen LogP contribution in [0.3, 0.4) is 0 Å². The lowest BCUT2D eigenvalue weighted by Gasteiger charge is -2.33. The topological polar surface area (TPSA) is 58.6 Å². The molecule has 2 amide bonds. The van der Waals surface area contributed by atoms with Crippen molar-refractivity contribution in [2.45, 2.75) is 52.2 Å². The Labute approximate surface area is 144 Å². The van der Waals surface area contributed by atoms with Crippen LogP contribution in [0.25, 0.3) is 0 Å². The number of nitrogens with zero attached hydrogens (tertiary/aromatic N) is 1. The molecule has 1 aliphatic heterocycles. The molecule has 132 valence electrons. The minimum atomic E-state index is -0.0216. The van der Waals surface area contributed by atoms with Crippen LogP contribution in [0.4, 0.5) is 0 Å². The Morgan fingerprint density at radius 2 is 1.83 bits per heavy atom. The van der Waals surface area contributed by atoms with Gasteiger partial charge in [-0.25, -0.2) is 0 Å². The van der Waals surface area contributed by atoms with Crippen molar-refractivity contribution in [2.24, 2.45) is 0 Å². The molecule has 1 saturated heterocycles. The van der Waals surface area contributed by atoms with Gasteiger partial charge in [-0.1, -0.05) is 12.1 Å². The van der Waals surface area contributed by atoms with E-state index < -0.39 is 0 Å². The van der Waals surface area contributed by atoms with E-state index in [0.29, 0.717) is 6.54 Å². The number of piperidine rings is 1. The Bertz CT molecular complexity index is 546. The number of likely N-dealkylation sites (tertiary alicyclic amines) is 1. The summed E-state index contributed by atoms with van der Waals surface area (Å²) in [5.74, 6) is 0.0676. The van der Waals surface area contributed by atoms with Crippen molar-refractivity contribution in [3.63, 3.8) is 0 Å². The lowest BCUT2D eigenvalue weighted by Crippen LogP contribution is -2.41. The minimum absolute atomic E-state index is 0.0216. The summed E-state index contributed by atoms with van der Waals surface area (Å²) >= 11 is 0. The van der Waals surface area contributed by atoms with Gasteiger partial charge in [0.25, 0.3) is 5.91 Å². The van der Waals surface area contributed by atoms with E-state index in [9.17, 15) is 9.59 Å². The number of amides is 2. The number of ether oxygens (including phenoxy) is 1. The average molecular weight is 332 g/mol. The molecule has 0 bridgehead atoms. The Kier molecular flexibility index (Phi) is 6.79. The molecule has 1 fully saturated rings. The number of carbonyl (C=O) groups excluding carboxylic acids is 2. The van der Waals surface area contributed by atoms with Crippen molar-refractivity contribution in [2.75, 3.05) is 19.6 Å². The van der Waals surface area contributed by atoms with Crippen molar-refractivity contribution in [1.82, 2.24) is 10.2 Å². The predicted octanol–water partition coefficient (Wildman–Crippen LogP) is 2.39. The molecule has 5 heteroatoms. The van der Waals surface area contributed by atoms with Gasteiger partial charge >= 0.3 is 0 Å². The number of nitrogens with one attached hydrogen (secondary N) is 1. The average Bonchev–Trinajstić information content (AvgIpc) is 2.55. The van der Waals surface area contributed by atoms with Crippen LogP contribution in [0.2, 0.25) is 0 Å². The Hall–Kier alpha value is -1.88. The molecule has 1 aromatic carbocycles. The van der Waals surface area contributed by atoms with Gasteiger partial charge in [-0.15, -0.1) is 0 Å². The molecule has 1 heterocycles. The predicted molar refractivity (Wildman–Crippen MR) is 94.0 cm³/mol. The van der Waals surface area contributed by atoms with Crippen molar-refractivity contribution >= 4 is 11.8 Å². The van der Waals surface area contributed by atoms with E-state index in [4.69, 9.17) is 4.74 Å². The van der Waals surface area contributed by atoms with Gasteiger partial charge in [0.15, 0.2) is 0 Å². The zero-order valence-electron chi connectivity index (χ0n) is 14.9. The second-order valence-electron chi connectivity index (χ2n) is 6.61. The zero-order valence-corrected chi connectivity index (χ0v) is 14.9. The second kappa shape index (κ2) is 8.83. The Morgan fingerprint density at radius 1 is 1.21 bits per heavy atom. The molecule has 0 aliphatic carbocycles. The summed E-state index contributed by atoms with van der Waals surface area (Å²) < 4.78 is 5.83. The summed E-state index contributed by atoms with van der Waals surface area (Å²) in [6, 6.07) is 7.68. The van der Waals surface area contributed by atoms with Crippen molar-refractivity contribution < 1.29 is 14.3 Å². The molecule has 0 saturated carbocycles. The zero-order chi connectivity index (χ0) is 17.5. The molecule has 1 aromatic rings. The van der Waals surface area contributed by atoms with Gasteiger partial charge in [-0.05, 0) is 50.8 Å². The van der Waals surface area contributed by atoms with E-state index in [-0.39, 0.29) is 24.0 Å². The van der Waals surface area contributed by atoms with Crippen LogP contribution in [0.5, 0.6) is 0 Å². The molecule has 1 aliphatic rings. The smallest absolute Gasteiger partial charge is 0.253 e. The van der Waals surface area contributed by atoms with E-state index in [1.54, 1.807) is 0 Å². The van der Waals surface area contributed by atoms with Gasteiger partial charge in [-0.3, -0.25) is 9.59 Å². The van der Waals surface area contributed by atoms with Crippen LogP contribution < -0.4 is 5.32 Å². The molecule has 0 radical (unpaired) electrons. The summed E-state index contributed by atoms with van der Waals surface area (Å²) in [4.78, 5) is 25.3. The van der Waals surface area contributed by atoms with E-state index in [1.165, 1.54) is 6.92 Å². The van der Waals surface area contributed by atoms with Crippen LogP contribution in [-0.4, -0.2) is 48.6 Å². The third-order valence-corrected chi connectivity index (χ3v) is 4.18. The maximum absolute atomic E-state index is 12.6. The fourth-order valence-corrected chi connectivity index (χ4v) is 2.96. The molecule has 2 rings (SSSR count). The quantitative estimate of drug-likeness (QED) is 0.870. The fraction of sp³-hybridized carbons (Fsp3) is 0.579. The summed E-state index contributed by atoms with van der Waals surface area (Å²) in [6.45, 7) is 7.72.